The molecule has 0 spiro atoms. The van der Waals surface area contributed by atoms with Crippen LogP contribution < -0.4 is 5.32 Å². The largest absolute Gasteiger partial charge is 0.428 e. The lowest BCUT2D eigenvalue weighted by molar-refractivity contribution is 0.199. The van der Waals surface area contributed by atoms with Gasteiger partial charge >= 0.3 is 0 Å². The summed E-state index contributed by atoms with van der Waals surface area (Å²) in [6.45, 7) is 0.925. The maximum absolute atomic E-state index is 9.59. The molecule has 0 amide bonds. The molecule has 0 aliphatic carbocycles. The van der Waals surface area contributed by atoms with Gasteiger partial charge in [-0.15, -0.1) is 0 Å². The molecule has 0 bridgehead atoms. The number of fused-ring (bicyclic) bond motifs is 1. The van der Waals surface area contributed by atoms with Crippen molar-refractivity contribution in [3.8, 4) is 0 Å². The third kappa shape index (κ3) is 1.46. The zero-order valence-electron chi connectivity index (χ0n) is 8.20. The number of aromatic nitrogens is 1. The summed E-state index contributed by atoms with van der Waals surface area (Å²) in [5.74, 6) is 0. The van der Waals surface area contributed by atoms with E-state index in [1.165, 1.54) is 10.3 Å². The normalized spacial score (nSPS) is 10.9. The monoisotopic (exact) mass is 190 g/mol. The van der Waals surface area contributed by atoms with Crippen LogP contribution in [0.15, 0.2) is 30.5 Å². The zero-order valence-corrected chi connectivity index (χ0v) is 8.20. The van der Waals surface area contributed by atoms with E-state index >= 15 is 0 Å². The van der Waals surface area contributed by atoms with E-state index in [-0.39, 0.29) is 0 Å². The smallest absolute Gasteiger partial charge is 0.0868 e. The number of likely N-dealkylation sites (N-methyl/N-ethyl adjacent to an activating group) is 1. The van der Waals surface area contributed by atoms with Crippen molar-refractivity contribution in [3.05, 3.63) is 36.0 Å². The van der Waals surface area contributed by atoms with Crippen LogP contribution in [-0.2, 0) is 6.42 Å². The molecular weight excluding hydrogens is 176 g/mol. The molecule has 0 atom stereocenters. The number of para-hydroxylation sites is 1. The number of nitrogens with zero attached hydrogens (tertiary/aromatic N) is 1. The number of hydrogen-bond acceptors (Lipinski definition) is 2. The third-order valence-corrected chi connectivity index (χ3v) is 2.42. The molecule has 3 nitrogen and oxygen atoms in total. The molecule has 0 aliphatic rings. The van der Waals surface area contributed by atoms with Crippen LogP contribution in [0.3, 0.4) is 0 Å². The maximum Gasteiger partial charge on any atom is 0.0868 e. The molecule has 2 rings (SSSR count). The second-order valence-corrected chi connectivity index (χ2v) is 3.37. The van der Waals surface area contributed by atoms with Gasteiger partial charge in [0.05, 0.1) is 5.52 Å². The zero-order chi connectivity index (χ0) is 9.97. The van der Waals surface area contributed by atoms with Crippen LogP contribution in [0.4, 0.5) is 0 Å². The average molecular weight is 190 g/mol. The molecule has 0 saturated carbocycles. The predicted octanol–water partition coefficient (Wildman–Crippen LogP) is 1.64. The van der Waals surface area contributed by atoms with Crippen LogP contribution in [0.5, 0.6) is 0 Å². The summed E-state index contributed by atoms with van der Waals surface area (Å²) in [5, 5.41) is 13.8. The van der Waals surface area contributed by atoms with Crippen LogP contribution in [0, 0.1) is 0 Å². The van der Waals surface area contributed by atoms with Gasteiger partial charge < -0.3 is 10.5 Å². The van der Waals surface area contributed by atoms with Gasteiger partial charge in [0.2, 0.25) is 0 Å². The van der Waals surface area contributed by atoms with Crippen LogP contribution in [-0.4, -0.2) is 23.5 Å². The molecule has 2 N–H and O–H groups in total. The standard InChI is InChI=1S/C11H14N2O/c1-12-7-6-9-8-13(14)11-5-3-2-4-10(9)11/h2-5,8,12,14H,6-7H2,1H3. The molecule has 14 heavy (non-hydrogen) atoms. The molecule has 1 aromatic heterocycles. The Kier molecular flexibility index (Phi) is 2.41. The Hall–Kier alpha value is -1.48. The summed E-state index contributed by atoms with van der Waals surface area (Å²) in [4.78, 5) is 0. The Morgan fingerprint density at radius 2 is 2.14 bits per heavy atom. The molecule has 0 saturated heterocycles. The van der Waals surface area contributed by atoms with Crippen molar-refractivity contribution in [2.75, 3.05) is 13.6 Å². The van der Waals surface area contributed by atoms with Crippen LogP contribution in [0.25, 0.3) is 10.9 Å². The summed E-state index contributed by atoms with van der Waals surface area (Å²) >= 11 is 0. The highest BCUT2D eigenvalue weighted by atomic mass is 16.5. The van der Waals surface area contributed by atoms with Crippen molar-refractivity contribution in [2.45, 2.75) is 6.42 Å². The molecule has 0 unspecified atom stereocenters. The summed E-state index contributed by atoms with van der Waals surface area (Å²) < 4.78 is 1.19. The lowest BCUT2D eigenvalue weighted by Gasteiger charge is -1.96. The van der Waals surface area contributed by atoms with Crippen molar-refractivity contribution in [1.82, 2.24) is 10.0 Å². The molecular formula is C11H14N2O. The van der Waals surface area contributed by atoms with E-state index in [1.807, 2.05) is 31.3 Å². The number of rotatable bonds is 3. The molecule has 0 radical (unpaired) electrons. The first-order valence-corrected chi connectivity index (χ1v) is 4.75. The van der Waals surface area contributed by atoms with E-state index in [1.54, 1.807) is 6.20 Å². The van der Waals surface area contributed by atoms with Gasteiger partial charge in [0.1, 0.15) is 0 Å². The van der Waals surface area contributed by atoms with Crippen LogP contribution in [0.1, 0.15) is 5.56 Å². The minimum atomic E-state index is 0.874. The SMILES string of the molecule is CNCCc1cn(O)c2ccccc12. The number of benzene rings is 1. The summed E-state index contributed by atoms with van der Waals surface area (Å²) in [7, 11) is 1.93. The molecule has 74 valence electrons. The Morgan fingerprint density at radius 1 is 1.36 bits per heavy atom. The second-order valence-electron chi connectivity index (χ2n) is 3.37. The van der Waals surface area contributed by atoms with E-state index in [4.69, 9.17) is 0 Å². The van der Waals surface area contributed by atoms with Crippen molar-refractivity contribution >= 4 is 10.9 Å². The van der Waals surface area contributed by atoms with Crippen LogP contribution >= 0.6 is 0 Å². The topological polar surface area (TPSA) is 37.2 Å². The first kappa shape index (κ1) is 9.09. The van der Waals surface area contributed by atoms with Crippen molar-refractivity contribution < 1.29 is 5.21 Å². The maximum atomic E-state index is 9.59. The third-order valence-electron chi connectivity index (χ3n) is 2.42. The Labute approximate surface area is 82.9 Å². The molecule has 3 heteroatoms. The van der Waals surface area contributed by atoms with E-state index in [9.17, 15) is 5.21 Å². The van der Waals surface area contributed by atoms with Gasteiger partial charge in [-0.3, -0.25) is 0 Å². The molecule has 0 aliphatic heterocycles. The van der Waals surface area contributed by atoms with Crippen LogP contribution in [0.2, 0.25) is 0 Å². The predicted molar refractivity (Wildman–Crippen MR) is 56.8 cm³/mol. The second kappa shape index (κ2) is 3.72. The first-order chi connectivity index (χ1) is 6.83. The van der Waals surface area contributed by atoms with Crippen molar-refractivity contribution in [3.63, 3.8) is 0 Å². The van der Waals surface area contributed by atoms with Gasteiger partial charge in [-0.1, -0.05) is 18.2 Å². The number of hydrogen-bond donors (Lipinski definition) is 2. The molecule has 1 heterocycles. The van der Waals surface area contributed by atoms with E-state index in [0.29, 0.717) is 0 Å². The number of nitrogens with one attached hydrogen (secondary N) is 1. The summed E-state index contributed by atoms with van der Waals surface area (Å²) in [6, 6.07) is 7.87. The average Bonchev–Trinajstić information content (AvgIpc) is 2.54. The van der Waals surface area contributed by atoms with Crippen molar-refractivity contribution in [2.24, 2.45) is 0 Å². The lowest BCUT2D eigenvalue weighted by Crippen LogP contribution is -2.09. The van der Waals surface area contributed by atoms with E-state index in [0.717, 1.165) is 23.9 Å². The van der Waals surface area contributed by atoms with Gasteiger partial charge in [0.25, 0.3) is 0 Å². The quantitative estimate of drug-likeness (QED) is 0.722. The Balaban J connectivity index is 2.44. The van der Waals surface area contributed by atoms with Gasteiger partial charge in [0, 0.05) is 11.6 Å². The highest BCUT2D eigenvalue weighted by Crippen LogP contribution is 2.19. The van der Waals surface area contributed by atoms with Gasteiger partial charge in [-0.25, -0.2) is 0 Å². The first-order valence-electron chi connectivity index (χ1n) is 4.75. The van der Waals surface area contributed by atoms with Gasteiger partial charge in [-0.2, -0.15) is 4.73 Å². The summed E-state index contributed by atoms with van der Waals surface area (Å²) in [5.41, 5.74) is 2.05. The lowest BCUT2D eigenvalue weighted by atomic mass is 10.1. The van der Waals surface area contributed by atoms with Gasteiger partial charge in [0.15, 0.2) is 0 Å². The Morgan fingerprint density at radius 3 is 2.93 bits per heavy atom. The molecule has 2 aromatic rings. The molecule has 1 aromatic carbocycles. The molecule has 0 fully saturated rings. The van der Waals surface area contributed by atoms with Crippen molar-refractivity contribution in [1.29, 1.82) is 0 Å². The fourth-order valence-corrected chi connectivity index (χ4v) is 1.69. The fraction of sp³-hybridized carbons (Fsp3) is 0.273. The van der Waals surface area contributed by atoms with E-state index < -0.39 is 0 Å². The van der Waals surface area contributed by atoms with Gasteiger partial charge in [-0.05, 0) is 31.6 Å². The van der Waals surface area contributed by atoms with E-state index in [2.05, 4.69) is 5.32 Å². The minimum absolute atomic E-state index is 0.874. The summed E-state index contributed by atoms with van der Waals surface area (Å²) in [6.07, 6.45) is 2.71. The Bertz CT molecular complexity index is 434. The fourth-order valence-electron chi connectivity index (χ4n) is 1.69. The minimum Gasteiger partial charge on any atom is -0.428 e. The highest BCUT2D eigenvalue weighted by Gasteiger charge is 2.05. The highest BCUT2D eigenvalue weighted by molar-refractivity contribution is 5.83.